The molecule has 1 atom stereocenters. The maximum absolute atomic E-state index is 12.8. The molecule has 2 aromatic carbocycles. The third-order valence-electron chi connectivity index (χ3n) is 4.00. The molecule has 1 heterocycles. The normalized spacial score (nSPS) is 19.8. The summed E-state index contributed by atoms with van der Waals surface area (Å²) >= 11 is 0. The Morgan fingerprint density at radius 2 is 1.65 bits per heavy atom. The van der Waals surface area contributed by atoms with Gasteiger partial charge in [0.1, 0.15) is 5.76 Å². The molecule has 3 heteroatoms. The van der Waals surface area contributed by atoms with Gasteiger partial charge in [-0.15, -0.1) is 0 Å². The molecule has 1 amide bonds. The number of rotatable bonds is 3. The van der Waals surface area contributed by atoms with E-state index in [1.165, 1.54) is 0 Å². The van der Waals surface area contributed by atoms with Crippen molar-refractivity contribution in [3.63, 3.8) is 0 Å². The molecule has 23 heavy (non-hydrogen) atoms. The Hall–Kier alpha value is -2.81. The van der Waals surface area contributed by atoms with Gasteiger partial charge in [0.25, 0.3) is 5.91 Å². The minimum atomic E-state index is -0.148. The number of hydrogen-bond acceptors (Lipinski definition) is 2. The number of carbonyl (C=O) groups excluding carboxylic acids is 1. The number of hydrogen-bond donors (Lipinski definition) is 1. The zero-order valence-electron chi connectivity index (χ0n) is 13.0. The first kappa shape index (κ1) is 15.1. The number of aliphatic hydroxyl groups excluding tert-OH is 1. The molecule has 0 aromatic heterocycles. The van der Waals surface area contributed by atoms with E-state index in [9.17, 15) is 9.90 Å². The number of aliphatic hydroxyl groups is 1. The van der Waals surface area contributed by atoms with Gasteiger partial charge < -0.3 is 10.0 Å². The highest BCUT2D eigenvalue weighted by atomic mass is 16.3. The van der Waals surface area contributed by atoms with Crippen molar-refractivity contribution in [2.75, 3.05) is 0 Å². The molecule has 1 unspecified atom stereocenters. The molecular formula is C20H19NO2. The molecule has 0 radical (unpaired) electrons. The van der Waals surface area contributed by atoms with E-state index in [1.807, 2.05) is 66.7 Å². The van der Waals surface area contributed by atoms with Crippen LogP contribution in [-0.4, -0.2) is 15.9 Å². The van der Waals surface area contributed by atoms with Crippen molar-refractivity contribution in [3.05, 3.63) is 95.3 Å². The van der Waals surface area contributed by atoms with E-state index < -0.39 is 0 Å². The van der Waals surface area contributed by atoms with E-state index in [0.717, 1.165) is 11.1 Å². The summed E-state index contributed by atoms with van der Waals surface area (Å²) in [7, 11) is 0. The number of allylic oxidation sites excluding steroid dienone is 1. The van der Waals surface area contributed by atoms with E-state index in [-0.39, 0.29) is 17.7 Å². The van der Waals surface area contributed by atoms with Crippen LogP contribution in [0.5, 0.6) is 0 Å². The van der Waals surface area contributed by atoms with Crippen LogP contribution in [0.15, 0.2) is 84.1 Å². The van der Waals surface area contributed by atoms with Gasteiger partial charge in [0, 0.05) is 6.54 Å². The molecule has 1 N–H and O–H groups in total. The molecule has 0 aliphatic carbocycles. The molecule has 0 bridgehead atoms. The number of carbonyl (C=O) groups is 1. The molecule has 3 rings (SSSR count). The number of benzene rings is 2. The first-order chi connectivity index (χ1) is 11.2. The predicted molar refractivity (Wildman–Crippen MR) is 90.6 cm³/mol. The molecule has 0 saturated carbocycles. The van der Waals surface area contributed by atoms with Crippen LogP contribution in [0.1, 0.15) is 24.1 Å². The van der Waals surface area contributed by atoms with Crippen molar-refractivity contribution >= 4 is 5.91 Å². The minimum Gasteiger partial charge on any atom is -0.512 e. The Morgan fingerprint density at radius 1 is 1.04 bits per heavy atom. The second-order valence-corrected chi connectivity index (χ2v) is 5.63. The maximum Gasteiger partial charge on any atom is 0.258 e. The van der Waals surface area contributed by atoms with Gasteiger partial charge in [0.05, 0.1) is 11.6 Å². The standard InChI is InChI=1S/C20H19NO2/c1-15(22)18-12-13-19(17-10-6-3-7-11-17)21(20(18)23)14-16-8-4-2-5-9-16/h2-13,19,22H,14H2,1H3/b18-15-. The molecule has 1 aliphatic heterocycles. The van der Waals surface area contributed by atoms with Crippen molar-refractivity contribution in [1.29, 1.82) is 0 Å². The van der Waals surface area contributed by atoms with Crippen LogP contribution in [0.4, 0.5) is 0 Å². The summed E-state index contributed by atoms with van der Waals surface area (Å²) < 4.78 is 0. The summed E-state index contributed by atoms with van der Waals surface area (Å²) in [6.45, 7) is 2.04. The smallest absolute Gasteiger partial charge is 0.258 e. The number of nitrogens with zero attached hydrogens (tertiary/aromatic N) is 1. The Bertz CT molecular complexity index is 744. The molecular weight excluding hydrogens is 286 g/mol. The van der Waals surface area contributed by atoms with E-state index in [0.29, 0.717) is 12.1 Å². The number of amides is 1. The highest BCUT2D eigenvalue weighted by Crippen LogP contribution is 2.31. The molecule has 0 fully saturated rings. The van der Waals surface area contributed by atoms with Crippen molar-refractivity contribution in [2.45, 2.75) is 19.5 Å². The van der Waals surface area contributed by atoms with Crippen LogP contribution in [0, 0.1) is 0 Å². The Morgan fingerprint density at radius 3 is 2.26 bits per heavy atom. The SMILES string of the molecule is C/C(O)=C1\C=CC(c2ccccc2)N(Cc2ccccc2)C1=O. The van der Waals surface area contributed by atoms with Crippen LogP contribution in [0.25, 0.3) is 0 Å². The fraction of sp³-hybridized carbons (Fsp3) is 0.150. The van der Waals surface area contributed by atoms with Gasteiger partial charge in [0.15, 0.2) is 0 Å². The molecule has 1 aliphatic rings. The van der Waals surface area contributed by atoms with Crippen molar-refractivity contribution in [2.24, 2.45) is 0 Å². The zero-order valence-corrected chi connectivity index (χ0v) is 13.0. The maximum atomic E-state index is 12.8. The highest BCUT2D eigenvalue weighted by molar-refractivity contribution is 5.98. The largest absolute Gasteiger partial charge is 0.512 e. The van der Waals surface area contributed by atoms with Crippen LogP contribution in [0.2, 0.25) is 0 Å². The van der Waals surface area contributed by atoms with Crippen LogP contribution in [0.3, 0.4) is 0 Å². The van der Waals surface area contributed by atoms with Gasteiger partial charge in [-0.05, 0) is 24.1 Å². The summed E-state index contributed by atoms with van der Waals surface area (Å²) in [6, 6.07) is 19.7. The summed E-state index contributed by atoms with van der Waals surface area (Å²) in [5.41, 5.74) is 2.47. The van der Waals surface area contributed by atoms with E-state index in [4.69, 9.17) is 0 Å². The second-order valence-electron chi connectivity index (χ2n) is 5.63. The lowest BCUT2D eigenvalue weighted by atomic mass is 9.97. The lowest BCUT2D eigenvalue weighted by molar-refractivity contribution is -0.129. The van der Waals surface area contributed by atoms with Gasteiger partial charge in [-0.1, -0.05) is 66.7 Å². The van der Waals surface area contributed by atoms with Gasteiger partial charge in [-0.2, -0.15) is 0 Å². The fourth-order valence-corrected chi connectivity index (χ4v) is 2.81. The second kappa shape index (κ2) is 6.53. The van der Waals surface area contributed by atoms with Crippen LogP contribution < -0.4 is 0 Å². The summed E-state index contributed by atoms with van der Waals surface area (Å²) in [5.74, 6) is -0.0963. The van der Waals surface area contributed by atoms with Crippen LogP contribution >= 0.6 is 0 Å². The quantitative estimate of drug-likeness (QED) is 0.683. The van der Waals surface area contributed by atoms with Gasteiger partial charge >= 0.3 is 0 Å². The average Bonchev–Trinajstić information content (AvgIpc) is 2.58. The van der Waals surface area contributed by atoms with Crippen LogP contribution in [-0.2, 0) is 11.3 Å². The minimum absolute atomic E-state index is 0.0517. The first-order valence-electron chi connectivity index (χ1n) is 7.64. The lowest BCUT2D eigenvalue weighted by Crippen LogP contribution is -2.37. The van der Waals surface area contributed by atoms with Crippen molar-refractivity contribution < 1.29 is 9.90 Å². The van der Waals surface area contributed by atoms with Gasteiger partial charge in [0.2, 0.25) is 0 Å². The van der Waals surface area contributed by atoms with E-state index >= 15 is 0 Å². The lowest BCUT2D eigenvalue weighted by Gasteiger charge is -2.34. The summed E-state index contributed by atoms with van der Waals surface area (Å²) in [6.07, 6.45) is 3.69. The predicted octanol–water partition coefficient (Wildman–Crippen LogP) is 4.16. The summed E-state index contributed by atoms with van der Waals surface area (Å²) in [5, 5.41) is 9.77. The topological polar surface area (TPSA) is 40.5 Å². The molecule has 0 saturated heterocycles. The molecule has 2 aromatic rings. The van der Waals surface area contributed by atoms with E-state index in [2.05, 4.69) is 0 Å². The molecule has 116 valence electrons. The fourth-order valence-electron chi connectivity index (χ4n) is 2.81. The third kappa shape index (κ3) is 3.19. The summed E-state index contributed by atoms with van der Waals surface area (Å²) in [4.78, 5) is 14.6. The zero-order chi connectivity index (χ0) is 16.2. The Balaban J connectivity index is 2.00. The van der Waals surface area contributed by atoms with Crippen molar-refractivity contribution in [3.8, 4) is 0 Å². The van der Waals surface area contributed by atoms with Crippen molar-refractivity contribution in [1.82, 2.24) is 4.90 Å². The van der Waals surface area contributed by atoms with E-state index in [1.54, 1.807) is 17.9 Å². The molecule has 0 spiro atoms. The molecule has 3 nitrogen and oxygen atoms in total. The highest BCUT2D eigenvalue weighted by Gasteiger charge is 2.30. The average molecular weight is 305 g/mol. The Labute approximate surface area is 136 Å². The Kier molecular flexibility index (Phi) is 4.29. The third-order valence-corrected chi connectivity index (χ3v) is 4.00. The van der Waals surface area contributed by atoms with Gasteiger partial charge in [-0.25, -0.2) is 0 Å². The first-order valence-corrected chi connectivity index (χ1v) is 7.64. The monoisotopic (exact) mass is 305 g/mol. The van der Waals surface area contributed by atoms with Gasteiger partial charge in [-0.3, -0.25) is 4.79 Å².